The normalized spacial score (nSPS) is 11.2. The molecule has 1 aromatic heterocycles. The molecule has 1 N–H and O–H groups in total. The fraction of sp³-hybridized carbons (Fsp3) is 0.294. The van der Waals surface area contributed by atoms with Crippen LogP contribution in [0.15, 0.2) is 29.3 Å². The Labute approximate surface area is 152 Å². The first-order chi connectivity index (χ1) is 11.6. The van der Waals surface area contributed by atoms with Crippen molar-refractivity contribution in [3.8, 4) is 5.75 Å². The van der Waals surface area contributed by atoms with Crippen LogP contribution < -0.4 is 10.1 Å². The van der Waals surface area contributed by atoms with Crippen LogP contribution in [0.4, 0.5) is 0 Å². The van der Waals surface area contributed by atoms with E-state index in [-0.39, 0.29) is 22.0 Å². The quantitative estimate of drug-likeness (QED) is 0.859. The van der Waals surface area contributed by atoms with Gasteiger partial charge in [-0.15, -0.1) is 0 Å². The lowest BCUT2D eigenvalue weighted by molar-refractivity contribution is 0.0950. The van der Waals surface area contributed by atoms with E-state index >= 15 is 0 Å². The first-order valence-corrected chi connectivity index (χ1v) is 9.69. The number of nitrogens with one attached hydrogen (secondary N) is 1. The summed E-state index contributed by atoms with van der Waals surface area (Å²) in [5, 5.41) is 2.81. The number of aryl methyl sites for hydroxylation is 1. The number of sulfone groups is 1. The van der Waals surface area contributed by atoms with E-state index < -0.39 is 15.7 Å². The van der Waals surface area contributed by atoms with E-state index in [1.54, 1.807) is 13.3 Å². The molecule has 0 saturated carbocycles. The summed E-state index contributed by atoms with van der Waals surface area (Å²) >= 11 is 5.89. The molecular formula is C17H19ClN2O4S. The second kappa shape index (κ2) is 7.41. The van der Waals surface area contributed by atoms with Crippen LogP contribution in [0.3, 0.4) is 0 Å². The number of ether oxygens (including phenoxy) is 1. The van der Waals surface area contributed by atoms with Crippen LogP contribution in [-0.4, -0.2) is 32.7 Å². The summed E-state index contributed by atoms with van der Waals surface area (Å²) in [4.78, 5) is 16.6. The average Bonchev–Trinajstić information content (AvgIpc) is 2.53. The molecule has 0 bridgehead atoms. The maximum Gasteiger partial charge on any atom is 0.251 e. The van der Waals surface area contributed by atoms with Crippen molar-refractivity contribution in [3.63, 3.8) is 0 Å². The number of nitrogens with zero attached hydrogens (tertiary/aromatic N) is 1. The number of carbonyl (C=O) groups is 1. The molecule has 25 heavy (non-hydrogen) atoms. The van der Waals surface area contributed by atoms with Gasteiger partial charge in [0.25, 0.3) is 5.91 Å². The number of halogens is 1. The van der Waals surface area contributed by atoms with Gasteiger partial charge in [-0.05, 0) is 32.0 Å². The fourth-order valence-electron chi connectivity index (χ4n) is 2.44. The number of benzene rings is 1. The van der Waals surface area contributed by atoms with Crippen molar-refractivity contribution in [1.29, 1.82) is 0 Å². The first-order valence-electron chi connectivity index (χ1n) is 7.42. The Morgan fingerprint density at radius 2 is 2.00 bits per heavy atom. The number of methoxy groups -OCH3 is 1. The van der Waals surface area contributed by atoms with Gasteiger partial charge in [0.2, 0.25) is 0 Å². The van der Waals surface area contributed by atoms with Crippen molar-refractivity contribution in [3.05, 3.63) is 51.8 Å². The topological polar surface area (TPSA) is 85.4 Å². The van der Waals surface area contributed by atoms with Gasteiger partial charge in [-0.2, -0.15) is 0 Å². The molecule has 1 aromatic carbocycles. The van der Waals surface area contributed by atoms with Crippen LogP contribution >= 0.6 is 11.6 Å². The second-order valence-electron chi connectivity index (χ2n) is 5.65. The highest BCUT2D eigenvalue weighted by atomic mass is 35.5. The smallest absolute Gasteiger partial charge is 0.251 e. The Hall–Kier alpha value is -2.12. The SMILES string of the molecule is COc1c(C)cnc(CNC(=O)c2ccc(Cl)c(S(C)(=O)=O)c2)c1C. The lowest BCUT2D eigenvalue weighted by Crippen LogP contribution is -2.24. The number of hydrogen-bond acceptors (Lipinski definition) is 5. The molecule has 0 aliphatic heterocycles. The Bertz CT molecular complexity index is 926. The van der Waals surface area contributed by atoms with Gasteiger partial charge in [0.15, 0.2) is 9.84 Å². The van der Waals surface area contributed by atoms with Crippen LogP contribution in [0.1, 0.15) is 27.2 Å². The zero-order valence-electron chi connectivity index (χ0n) is 14.4. The van der Waals surface area contributed by atoms with Crippen molar-refractivity contribution in [2.45, 2.75) is 25.3 Å². The predicted octanol–water partition coefficient (Wildman–Crippen LogP) is 2.69. The molecule has 0 saturated heterocycles. The Morgan fingerprint density at radius 3 is 2.60 bits per heavy atom. The van der Waals surface area contributed by atoms with E-state index in [4.69, 9.17) is 16.3 Å². The minimum Gasteiger partial charge on any atom is -0.496 e. The monoisotopic (exact) mass is 382 g/mol. The maximum absolute atomic E-state index is 12.3. The van der Waals surface area contributed by atoms with E-state index in [2.05, 4.69) is 10.3 Å². The molecule has 0 radical (unpaired) electrons. The molecule has 0 aliphatic carbocycles. The number of amides is 1. The molecule has 2 aromatic rings. The maximum atomic E-state index is 12.3. The summed E-state index contributed by atoms with van der Waals surface area (Å²) < 4.78 is 28.8. The molecule has 0 spiro atoms. The van der Waals surface area contributed by atoms with Gasteiger partial charge in [0.05, 0.1) is 29.3 Å². The van der Waals surface area contributed by atoms with Crippen LogP contribution in [0.5, 0.6) is 5.75 Å². The van der Waals surface area contributed by atoms with E-state index in [9.17, 15) is 13.2 Å². The molecule has 134 valence electrons. The molecule has 8 heteroatoms. The minimum atomic E-state index is -3.52. The van der Waals surface area contributed by atoms with Crippen molar-refractivity contribution in [2.24, 2.45) is 0 Å². The molecule has 0 fully saturated rings. The molecule has 0 atom stereocenters. The van der Waals surface area contributed by atoms with Crippen LogP contribution in [0.25, 0.3) is 0 Å². The minimum absolute atomic E-state index is 0.0758. The first kappa shape index (κ1) is 19.2. The number of carbonyl (C=O) groups excluding carboxylic acids is 1. The number of rotatable bonds is 5. The highest BCUT2D eigenvalue weighted by Gasteiger charge is 2.16. The molecular weight excluding hydrogens is 364 g/mol. The summed E-state index contributed by atoms with van der Waals surface area (Å²) in [6.45, 7) is 3.95. The van der Waals surface area contributed by atoms with Gasteiger partial charge in [-0.1, -0.05) is 11.6 Å². The zero-order chi connectivity index (χ0) is 18.8. The van der Waals surface area contributed by atoms with E-state index in [0.717, 1.165) is 23.1 Å². The Kier molecular flexibility index (Phi) is 5.69. The van der Waals surface area contributed by atoms with Gasteiger partial charge >= 0.3 is 0 Å². The highest BCUT2D eigenvalue weighted by molar-refractivity contribution is 7.90. The number of pyridine rings is 1. The summed E-state index contributed by atoms with van der Waals surface area (Å²) in [5.41, 5.74) is 2.64. The molecule has 1 heterocycles. The molecule has 0 unspecified atom stereocenters. The Balaban J connectivity index is 2.22. The van der Waals surface area contributed by atoms with E-state index in [0.29, 0.717) is 5.69 Å². The highest BCUT2D eigenvalue weighted by Crippen LogP contribution is 2.24. The summed E-state index contributed by atoms with van der Waals surface area (Å²) in [6.07, 6.45) is 2.72. The fourth-order valence-corrected chi connectivity index (χ4v) is 3.75. The van der Waals surface area contributed by atoms with Crippen molar-refractivity contribution >= 4 is 27.3 Å². The third kappa shape index (κ3) is 4.29. The largest absolute Gasteiger partial charge is 0.496 e. The van der Waals surface area contributed by atoms with Crippen molar-refractivity contribution in [2.75, 3.05) is 13.4 Å². The Morgan fingerprint density at radius 1 is 1.32 bits per heavy atom. The molecule has 0 aliphatic rings. The summed E-state index contributed by atoms with van der Waals surface area (Å²) in [6, 6.07) is 4.14. The lowest BCUT2D eigenvalue weighted by Gasteiger charge is -2.13. The average molecular weight is 383 g/mol. The van der Waals surface area contributed by atoms with E-state index in [1.165, 1.54) is 18.2 Å². The van der Waals surface area contributed by atoms with Crippen LogP contribution in [0.2, 0.25) is 5.02 Å². The van der Waals surface area contributed by atoms with Gasteiger partial charge in [-0.25, -0.2) is 8.42 Å². The van der Waals surface area contributed by atoms with Crippen molar-refractivity contribution < 1.29 is 17.9 Å². The molecule has 1 amide bonds. The van der Waals surface area contributed by atoms with Crippen LogP contribution in [0, 0.1) is 13.8 Å². The summed E-state index contributed by atoms with van der Waals surface area (Å²) in [7, 11) is -1.94. The predicted molar refractivity (Wildman–Crippen MR) is 96.0 cm³/mol. The lowest BCUT2D eigenvalue weighted by atomic mass is 10.1. The molecule has 2 rings (SSSR count). The van der Waals surface area contributed by atoms with Crippen LogP contribution in [-0.2, 0) is 16.4 Å². The standard InChI is InChI=1S/C17H19ClN2O4S/c1-10-8-19-14(11(2)16(10)24-3)9-20-17(21)12-5-6-13(18)15(7-12)25(4,22)23/h5-8H,9H2,1-4H3,(H,20,21). The third-order valence-electron chi connectivity index (χ3n) is 3.76. The summed E-state index contributed by atoms with van der Waals surface area (Å²) in [5.74, 6) is 0.312. The molecule has 6 nitrogen and oxygen atoms in total. The van der Waals surface area contributed by atoms with Crippen molar-refractivity contribution in [1.82, 2.24) is 10.3 Å². The van der Waals surface area contributed by atoms with Gasteiger partial charge in [0, 0.05) is 29.1 Å². The van der Waals surface area contributed by atoms with Gasteiger partial charge < -0.3 is 10.1 Å². The number of aromatic nitrogens is 1. The zero-order valence-corrected chi connectivity index (χ0v) is 16.0. The third-order valence-corrected chi connectivity index (χ3v) is 5.34. The van der Waals surface area contributed by atoms with Gasteiger partial charge in [0.1, 0.15) is 5.75 Å². The van der Waals surface area contributed by atoms with Gasteiger partial charge in [-0.3, -0.25) is 9.78 Å². The second-order valence-corrected chi connectivity index (χ2v) is 8.04. The number of hydrogen-bond donors (Lipinski definition) is 1. The van der Waals surface area contributed by atoms with E-state index in [1.807, 2.05) is 13.8 Å².